The SMILES string of the molecule is CCn1c(=O)[nH]c2nc(CN3CCN(c4ccc(C(=O)NC)nc4C(C)C)CC3)ccc2c1=O. The molecule has 3 aromatic heterocycles. The van der Waals surface area contributed by atoms with E-state index in [1.807, 2.05) is 12.1 Å². The van der Waals surface area contributed by atoms with Crippen LogP contribution in [0.4, 0.5) is 5.69 Å². The summed E-state index contributed by atoms with van der Waals surface area (Å²) in [5, 5.41) is 3.05. The van der Waals surface area contributed by atoms with Crippen LogP contribution in [0.15, 0.2) is 33.9 Å². The van der Waals surface area contributed by atoms with Gasteiger partial charge in [-0.15, -0.1) is 0 Å². The van der Waals surface area contributed by atoms with Crippen molar-refractivity contribution in [2.24, 2.45) is 0 Å². The Hall–Kier alpha value is -3.53. The molecule has 180 valence electrons. The minimum absolute atomic E-state index is 0.184. The molecule has 0 bridgehead atoms. The highest BCUT2D eigenvalue weighted by molar-refractivity contribution is 5.92. The van der Waals surface area contributed by atoms with E-state index in [1.165, 1.54) is 4.57 Å². The number of H-pyrrole nitrogens is 1. The zero-order chi connectivity index (χ0) is 24.4. The Morgan fingerprint density at radius 1 is 1.09 bits per heavy atom. The van der Waals surface area contributed by atoms with Gasteiger partial charge in [-0.05, 0) is 37.1 Å². The predicted molar refractivity (Wildman–Crippen MR) is 132 cm³/mol. The van der Waals surface area contributed by atoms with Crippen LogP contribution in [0, 0.1) is 0 Å². The lowest BCUT2D eigenvalue weighted by Gasteiger charge is -2.37. The predicted octanol–water partition coefficient (Wildman–Crippen LogP) is 1.30. The number of rotatable bonds is 6. The summed E-state index contributed by atoms with van der Waals surface area (Å²) < 4.78 is 1.17. The number of pyridine rings is 2. The van der Waals surface area contributed by atoms with Crippen LogP contribution in [-0.2, 0) is 13.1 Å². The van der Waals surface area contributed by atoms with Gasteiger partial charge in [0.1, 0.15) is 11.3 Å². The smallest absolute Gasteiger partial charge is 0.329 e. The molecule has 34 heavy (non-hydrogen) atoms. The van der Waals surface area contributed by atoms with Crippen LogP contribution >= 0.6 is 0 Å². The molecule has 0 radical (unpaired) electrons. The number of fused-ring (bicyclic) bond motifs is 1. The lowest BCUT2D eigenvalue weighted by atomic mass is 10.1. The van der Waals surface area contributed by atoms with E-state index in [9.17, 15) is 14.4 Å². The average Bonchev–Trinajstić information content (AvgIpc) is 2.83. The lowest BCUT2D eigenvalue weighted by Crippen LogP contribution is -2.46. The molecule has 1 saturated heterocycles. The molecule has 0 unspecified atom stereocenters. The van der Waals surface area contributed by atoms with Gasteiger partial charge in [0, 0.05) is 46.3 Å². The van der Waals surface area contributed by atoms with E-state index < -0.39 is 5.69 Å². The molecule has 4 rings (SSSR count). The Morgan fingerprint density at radius 3 is 2.47 bits per heavy atom. The first-order valence-corrected chi connectivity index (χ1v) is 11.7. The maximum Gasteiger partial charge on any atom is 0.329 e. The number of carbonyl (C=O) groups excluding carboxylic acids is 1. The number of nitrogens with zero attached hydrogens (tertiary/aromatic N) is 5. The normalized spacial score (nSPS) is 14.7. The maximum absolute atomic E-state index is 12.5. The number of aromatic nitrogens is 4. The highest BCUT2D eigenvalue weighted by Crippen LogP contribution is 2.27. The van der Waals surface area contributed by atoms with Crippen molar-refractivity contribution in [3.8, 4) is 0 Å². The fraction of sp³-hybridized carbons (Fsp3) is 0.458. The zero-order valence-electron chi connectivity index (χ0n) is 20.1. The first-order valence-electron chi connectivity index (χ1n) is 11.7. The molecular formula is C24H31N7O3. The van der Waals surface area contributed by atoms with Gasteiger partial charge >= 0.3 is 5.69 Å². The van der Waals surface area contributed by atoms with Crippen LogP contribution in [0.25, 0.3) is 11.0 Å². The average molecular weight is 466 g/mol. The van der Waals surface area contributed by atoms with Crippen molar-refractivity contribution in [3.63, 3.8) is 0 Å². The van der Waals surface area contributed by atoms with Gasteiger partial charge in [-0.2, -0.15) is 0 Å². The van der Waals surface area contributed by atoms with Crippen LogP contribution in [0.2, 0.25) is 0 Å². The van der Waals surface area contributed by atoms with E-state index in [0.717, 1.165) is 43.3 Å². The maximum atomic E-state index is 12.5. The van der Waals surface area contributed by atoms with Crippen molar-refractivity contribution in [1.29, 1.82) is 0 Å². The fourth-order valence-corrected chi connectivity index (χ4v) is 4.34. The van der Waals surface area contributed by atoms with Crippen molar-refractivity contribution in [2.75, 3.05) is 38.1 Å². The van der Waals surface area contributed by atoms with E-state index in [-0.39, 0.29) is 17.4 Å². The molecule has 0 saturated carbocycles. The van der Waals surface area contributed by atoms with Gasteiger partial charge in [0.15, 0.2) is 0 Å². The van der Waals surface area contributed by atoms with Crippen LogP contribution in [0.5, 0.6) is 0 Å². The molecule has 1 aliphatic rings. The molecule has 0 spiro atoms. The van der Waals surface area contributed by atoms with E-state index in [4.69, 9.17) is 0 Å². The van der Waals surface area contributed by atoms with Gasteiger partial charge in [0.25, 0.3) is 11.5 Å². The Kier molecular flexibility index (Phi) is 6.78. The second kappa shape index (κ2) is 9.76. The van der Waals surface area contributed by atoms with Gasteiger partial charge < -0.3 is 10.2 Å². The Morgan fingerprint density at radius 2 is 1.82 bits per heavy atom. The second-order valence-electron chi connectivity index (χ2n) is 8.78. The van der Waals surface area contributed by atoms with Crippen molar-refractivity contribution in [1.82, 2.24) is 29.7 Å². The Labute approximate surface area is 197 Å². The first kappa shape index (κ1) is 23.6. The van der Waals surface area contributed by atoms with Crippen molar-refractivity contribution >= 4 is 22.6 Å². The third-order valence-corrected chi connectivity index (χ3v) is 6.22. The van der Waals surface area contributed by atoms with Crippen LogP contribution in [-0.4, -0.2) is 63.6 Å². The summed E-state index contributed by atoms with van der Waals surface area (Å²) in [4.78, 5) is 53.1. The summed E-state index contributed by atoms with van der Waals surface area (Å²) in [6.07, 6.45) is 0. The van der Waals surface area contributed by atoms with E-state index in [2.05, 4.69) is 43.9 Å². The summed E-state index contributed by atoms with van der Waals surface area (Å²) in [5.41, 5.74) is 2.81. The summed E-state index contributed by atoms with van der Waals surface area (Å²) >= 11 is 0. The Balaban J connectivity index is 1.47. The van der Waals surface area contributed by atoms with Crippen LogP contribution in [0.1, 0.15) is 48.6 Å². The molecule has 3 aromatic rings. The molecule has 1 fully saturated rings. The van der Waals surface area contributed by atoms with E-state index in [1.54, 1.807) is 26.1 Å². The van der Waals surface area contributed by atoms with Gasteiger partial charge in [-0.1, -0.05) is 13.8 Å². The van der Waals surface area contributed by atoms with E-state index >= 15 is 0 Å². The lowest BCUT2D eigenvalue weighted by molar-refractivity contribution is 0.0958. The summed E-state index contributed by atoms with van der Waals surface area (Å²) in [6.45, 7) is 10.2. The zero-order valence-corrected chi connectivity index (χ0v) is 20.1. The fourth-order valence-electron chi connectivity index (χ4n) is 4.34. The minimum atomic E-state index is -0.435. The molecule has 0 aliphatic carbocycles. The highest BCUT2D eigenvalue weighted by Gasteiger charge is 2.22. The Bertz CT molecular complexity index is 1320. The quantitative estimate of drug-likeness (QED) is 0.564. The van der Waals surface area contributed by atoms with Crippen LogP contribution < -0.4 is 21.5 Å². The van der Waals surface area contributed by atoms with Crippen molar-refractivity contribution in [2.45, 2.75) is 39.8 Å². The number of carbonyl (C=O) groups is 1. The molecule has 0 atom stereocenters. The number of hydrogen-bond acceptors (Lipinski definition) is 7. The molecular weight excluding hydrogens is 434 g/mol. The third kappa shape index (κ3) is 4.58. The highest BCUT2D eigenvalue weighted by atomic mass is 16.2. The van der Waals surface area contributed by atoms with Crippen LogP contribution in [0.3, 0.4) is 0 Å². The minimum Gasteiger partial charge on any atom is -0.367 e. The second-order valence-corrected chi connectivity index (χ2v) is 8.78. The molecule has 1 aliphatic heterocycles. The van der Waals surface area contributed by atoms with Gasteiger partial charge in [-0.3, -0.25) is 24.0 Å². The van der Waals surface area contributed by atoms with Gasteiger partial charge in [-0.25, -0.2) is 14.8 Å². The largest absolute Gasteiger partial charge is 0.367 e. The van der Waals surface area contributed by atoms with Gasteiger partial charge in [0.05, 0.1) is 22.5 Å². The molecule has 10 nitrogen and oxygen atoms in total. The topological polar surface area (TPSA) is 116 Å². The third-order valence-electron chi connectivity index (χ3n) is 6.22. The number of amides is 1. The number of anilines is 1. The summed E-state index contributed by atoms with van der Waals surface area (Å²) in [7, 11) is 1.61. The summed E-state index contributed by atoms with van der Waals surface area (Å²) in [5.74, 6) is 0.00925. The monoisotopic (exact) mass is 465 g/mol. The van der Waals surface area contributed by atoms with Crippen molar-refractivity contribution < 1.29 is 4.79 Å². The van der Waals surface area contributed by atoms with Gasteiger partial charge in [0.2, 0.25) is 0 Å². The molecule has 10 heteroatoms. The van der Waals surface area contributed by atoms with E-state index in [0.29, 0.717) is 29.8 Å². The molecule has 4 heterocycles. The standard InChI is InChI=1S/C24H31N7O3/c1-5-31-23(33)17-7-6-16(26-21(17)28-24(31)34)14-29-10-12-30(13-11-29)19-9-8-18(22(32)25-4)27-20(19)15(2)3/h6-9,15H,5,10-14H2,1-4H3,(H,25,32)(H,26,28,34). The number of nitrogens with one attached hydrogen (secondary N) is 2. The molecule has 2 N–H and O–H groups in total. The number of hydrogen-bond donors (Lipinski definition) is 2. The number of piperazine rings is 1. The van der Waals surface area contributed by atoms with Crippen molar-refractivity contribution in [3.05, 3.63) is 62.2 Å². The molecule has 1 amide bonds. The summed E-state index contributed by atoms with van der Waals surface area (Å²) in [6, 6.07) is 7.37. The number of aromatic amines is 1. The first-order chi connectivity index (χ1) is 16.3. The molecule has 0 aromatic carbocycles.